The highest BCUT2D eigenvalue weighted by Crippen LogP contribution is 2.23. The zero-order valence-electron chi connectivity index (χ0n) is 12.3. The van der Waals surface area contributed by atoms with Gasteiger partial charge in [0.1, 0.15) is 11.5 Å². The lowest BCUT2D eigenvalue weighted by atomic mass is 10.2. The van der Waals surface area contributed by atoms with E-state index in [0.29, 0.717) is 16.5 Å². The van der Waals surface area contributed by atoms with Gasteiger partial charge in [0.2, 0.25) is 0 Å². The molecule has 0 heterocycles. The van der Waals surface area contributed by atoms with E-state index in [1.807, 2.05) is 12.1 Å². The molecule has 0 aromatic heterocycles. The van der Waals surface area contributed by atoms with Crippen LogP contribution in [0.3, 0.4) is 0 Å². The number of carbonyl (C=O) groups excluding carboxylic acids is 1. The molecule has 5 nitrogen and oxygen atoms in total. The van der Waals surface area contributed by atoms with Gasteiger partial charge in [0.15, 0.2) is 6.61 Å². The highest BCUT2D eigenvalue weighted by molar-refractivity contribution is 9.10. The van der Waals surface area contributed by atoms with Gasteiger partial charge < -0.3 is 9.47 Å². The maximum atomic E-state index is 11.7. The number of hydrogen-bond acceptors (Lipinski definition) is 4. The van der Waals surface area contributed by atoms with Gasteiger partial charge in [-0.3, -0.25) is 4.79 Å². The molecule has 0 aliphatic carbocycles. The zero-order chi connectivity index (χ0) is 16.7. The Labute approximate surface area is 147 Å². The summed E-state index contributed by atoms with van der Waals surface area (Å²) in [6.45, 7) is -0.184. The topological polar surface area (TPSA) is 59.9 Å². The molecule has 2 aromatic rings. The normalized spacial score (nSPS) is 10.6. The third-order valence-electron chi connectivity index (χ3n) is 2.78. The number of para-hydroxylation sites is 1. The lowest BCUT2D eigenvalue weighted by Gasteiger charge is -2.07. The summed E-state index contributed by atoms with van der Waals surface area (Å²) in [5.74, 6) is 0.704. The molecule has 0 unspecified atom stereocenters. The number of methoxy groups -OCH3 is 1. The molecule has 0 saturated carbocycles. The second kappa shape index (κ2) is 8.55. The molecule has 0 aliphatic heterocycles. The van der Waals surface area contributed by atoms with Crippen LogP contribution in [-0.4, -0.2) is 25.8 Å². The van der Waals surface area contributed by atoms with Crippen LogP contribution in [0.25, 0.3) is 0 Å². The number of benzene rings is 2. The van der Waals surface area contributed by atoms with Crippen LogP contribution in [0.4, 0.5) is 0 Å². The third kappa shape index (κ3) is 5.26. The van der Waals surface area contributed by atoms with Crippen LogP contribution < -0.4 is 14.9 Å². The van der Waals surface area contributed by atoms with Gasteiger partial charge in [-0.15, -0.1) is 0 Å². The minimum Gasteiger partial charge on any atom is -0.496 e. The number of halogens is 2. The molecule has 120 valence electrons. The number of amides is 1. The molecule has 0 saturated heterocycles. The first kappa shape index (κ1) is 17.3. The smallest absolute Gasteiger partial charge is 0.277 e. The summed E-state index contributed by atoms with van der Waals surface area (Å²) in [4.78, 5) is 11.7. The van der Waals surface area contributed by atoms with Gasteiger partial charge in [-0.1, -0.05) is 39.7 Å². The molecule has 0 bridgehead atoms. The van der Waals surface area contributed by atoms with Crippen molar-refractivity contribution >= 4 is 39.7 Å². The van der Waals surface area contributed by atoms with Crippen molar-refractivity contribution < 1.29 is 14.3 Å². The summed E-state index contributed by atoms with van der Waals surface area (Å²) in [7, 11) is 1.57. The van der Waals surface area contributed by atoms with Gasteiger partial charge in [-0.05, 0) is 30.3 Å². The molecular weight excluding hydrogens is 384 g/mol. The van der Waals surface area contributed by atoms with Crippen LogP contribution in [0.2, 0.25) is 5.02 Å². The van der Waals surface area contributed by atoms with E-state index in [9.17, 15) is 4.79 Å². The zero-order valence-corrected chi connectivity index (χ0v) is 14.6. The molecule has 0 radical (unpaired) electrons. The number of nitrogens with zero attached hydrogens (tertiary/aromatic N) is 1. The van der Waals surface area contributed by atoms with Crippen LogP contribution in [0.5, 0.6) is 11.5 Å². The standard InChI is InChI=1S/C16H14BrClN2O3/c1-22-14-7-6-12(17)8-11(14)9-19-20-16(21)10-23-15-5-3-2-4-13(15)18/h2-9H,10H2,1H3,(H,20,21)/b19-9-. The van der Waals surface area contributed by atoms with Gasteiger partial charge in [0.25, 0.3) is 5.91 Å². The Hall–Kier alpha value is -2.05. The van der Waals surface area contributed by atoms with E-state index in [-0.39, 0.29) is 6.61 Å². The van der Waals surface area contributed by atoms with Crippen molar-refractivity contribution in [1.29, 1.82) is 0 Å². The summed E-state index contributed by atoms with van der Waals surface area (Å²) < 4.78 is 11.4. The predicted octanol–water partition coefficient (Wildman–Crippen LogP) is 3.64. The Morgan fingerprint density at radius 1 is 1.30 bits per heavy atom. The number of hydrogen-bond donors (Lipinski definition) is 1. The molecule has 2 rings (SSSR count). The summed E-state index contributed by atoms with van der Waals surface area (Å²) in [6, 6.07) is 12.4. The maximum Gasteiger partial charge on any atom is 0.277 e. The van der Waals surface area contributed by atoms with Crippen molar-refractivity contribution in [3.05, 3.63) is 57.5 Å². The molecule has 0 fully saturated rings. The molecule has 0 spiro atoms. The van der Waals surface area contributed by atoms with E-state index in [0.717, 1.165) is 10.0 Å². The van der Waals surface area contributed by atoms with Crippen molar-refractivity contribution in [2.24, 2.45) is 5.10 Å². The Bertz CT molecular complexity index is 722. The quantitative estimate of drug-likeness (QED) is 0.598. The van der Waals surface area contributed by atoms with E-state index in [1.54, 1.807) is 37.4 Å². The molecule has 1 N–H and O–H groups in total. The van der Waals surface area contributed by atoms with Crippen molar-refractivity contribution in [3.8, 4) is 11.5 Å². The Balaban J connectivity index is 1.89. The number of ether oxygens (including phenoxy) is 2. The highest BCUT2D eigenvalue weighted by atomic mass is 79.9. The SMILES string of the molecule is COc1ccc(Br)cc1/C=N\NC(=O)COc1ccccc1Cl. The van der Waals surface area contributed by atoms with Crippen LogP contribution in [-0.2, 0) is 4.79 Å². The first-order chi connectivity index (χ1) is 11.1. The lowest BCUT2D eigenvalue weighted by molar-refractivity contribution is -0.123. The molecular formula is C16H14BrClN2O3. The second-order valence-electron chi connectivity index (χ2n) is 4.40. The van der Waals surface area contributed by atoms with Crippen molar-refractivity contribution in [1.82, 2.24) is 5.43 Å². The molecule has 0 atom stereocenters. The number of nitrogens with one attached hydrogen (secondary N) is 1. The first-order valence-corrected chi connectivity index (χ1v) is 7.80. The fourth-order valence-electron chi connectivity index (χ4n) is 1.72. The fourth-order valence-corrected chi connectivity index (χ4v) is 2.29. The maximum absolute atomic E-state index is 11.7. The van der Waals surface area contributed by atoms with Crippen molar-refractivity contribution in [2.75, 3.05) is 13.7 Å². The molecule has 2 aromatic carbocycles. The Kier molecular flexibility index (Phi) is 6.43. The van der Waals surface area contributed by atoms with E-state index in [4.69, 9.17) is 21.1 Å². The monoisotopic (exact) mass is 396 g/mol. The highest BCUT2D eigenvalue weighted by Gasteiger charge is 2.05. The van der Waals surface area contributed by atoms with Crippen LogP contribution in [0.1, 0.15) is 5.56 Å². The first-order valence-electron chi connectivity index (χ1n) is 6.63. The van der Waals surface area contributed by atoms with Crippen LogP contribution in [0.15, 0.2) is 52.0 Å². The van der Waals surface area contributed by atoms with Gasteiger partial charge in [0.05, 0.1) is 18.3 Å². The Morgan fingerprint density at radius 3 is 2.83 bits per heavy atom. The van der Waals surface area contributed by atoms with E-state index < -0.39 is 5.91 Å². The number of hydrazone groups is 1. The third-order valence-corrected chi connectivity index (χ3v) is 3.59. The van der Waals surface area contributed by atoms with E-state index in [2.05, 4.69) is 26.5 Å². The van der Waals surface area contributed by atoms with Gasteiger partial charge >= 0.3 is 0 Å². The largest absolute Gasteiger partial charge is 0.496 e. The molecule has 7 heteroatoms. The summed E-state index contributed by atoms with van der Waals surface area (Å²) in [6.07, 6.45) is 1.50. The van der Waals surface area contributed by atoms with Gasteiger partial charge in [-0.25, -0.2) is 5.43 Å². The van der Waals surface area contributed by atoms with Crippen LogP contribution >= 0.6 is 27.5 Å². The van der Waals surface area contributed by atoms with E-state index >= 15 is 0 Å². The lowest BCUT2D eigenvalue weighted by Crippen LogP contribution is -2.24. The van der Waals surface area contributed by atoms with Crippen molar-refractivity contribution in [2.45, 2.75) is 0 Å². The van der Waals surface area contributed by atoms with Gasteiger partial charge in [0, 0.05) is 10.0 Å². The second-order valence-corrected chi connectivity index (χ2v) is 5.72. The summed E-state index contributed by atoms with van der Waals surface area (Å²) in [5.41, 5.74) is 3.11. The molecule has 0 aliphatic rings. The van der Waals surface area contributed by atoms with Gasteiger partial charge in [-0.2, -0.15) is 5.10 Å². The number of rotatable bonds is 6. The molecule has 1 amide bonds. The fraction of sp³-hybridized carbons (Fsp3) is 0.125. The predicted molar refractivity (Wildman–Crippen MR) is 93.4 cm³/mol. The minimum atomic E-state index is -0.393. The summed E-state index contributed by atoms with van der Waals surface area (Å²) in [5, 5.41) is 4.33. The van der Waals surface area contributed by atoms with Crippen molar-refractivity contribution in [3.63, 3.8) is 0 Å². The average molecular weight is 398 g/mol. The Morgan fingerprint density at radius 2 is 2.09 bits per heavy atom. The van der Waals surface area contributed by atoms with E-state index in [1.165, 1.54) is 6.21 Å². The number of carbonyl (C=O) groups is 1. The summed E-state index contributed by atoms with van der Waals surface area (Å²) >= 11 is 9.30. The van der Waals surface area contributed by atoms with Crippen LogP contribution in [0, 0.1) is 0 Å². The average Bonchev–Trinajstić information content (AvgIpc) is 2.54. The minimum absolute atomic E-state index is 0.184. The molecule has 23 heavy (non-hydrogen) atoms.